The molecule has 4 heteroatoms. The highest BCUT2D eigenvalue weighted by Crippen LogP contribution is 2.04. The number of hydrogen-bond acceptors (Lipinski definition) is 4. The summed E-state index contributed by atoms with van der Waals surface area (Å²) in [6.45, 7) is 1.95. The van der Waals surface area contributed by atoms with E-state index in [2.05, 4.69) is 10.3 Å². The van der Waals surface area contributed by atoms with Gasteiger partial charge in [0, 0.05) is 12.7 Å². The number of rotatable bonds is 4. The lowest BCUT2D eigenvalue weighted by Gasteiger charge is -2.08. The average Bonchev–Trinajstić information content (AvgIpc) is 2.80. The van der Waals surface area contributed by atoms with E-state index in [-0.39, 0.29) is 18.5 Å². The van der Waals surface area contributed by atoms with Crippen molar-refractivity contribution in [2.75, 3.05) is 19.7 Å². The Morgan fingerprint density at radius 1 is 1.60 bits per heavy atom. The summed E-state index contributed by atoms with van der Waals surface area (Å²) in [7, 11) is 0. The standard InChI is InChI=1S/C11H14N2O2/c14-11(10-3-1-2-5-13-10)8-15-9-4-6-12-7-9/h1-3,5,9,12H,4,6-8H2. The van der Waals surface area contributed by atoms with Gasteiger partial charge in [-0.15, -0.1) is 0 Å². The van der Waals surface area contributed by atoms with Gasteiger partial charge in [-0.2, -0.15) is 0 Å². The third-order valence-electron chi connectivity index (χ3n) is 2.42. The number of pyridine rings is 1. The number of carbonyl (C=O) groups is 1. The highest BCUT2D eigenvalue weighted by Gasteiger charge is 2.16. The Hall–Kier alpha value is -1.26. The van der Waals surface area contributed by atoms with Gasteiger partial charge in [0.2, 0.25) is 5.78 Å². The van der Waals surface area contributed by atoms with Gasteiger partial charge in [-0.25, -0.2) is 0 Å². The first kappa shape index (κ1) is 10.3. The largest absolute Gasteiger partial charge is 0.369 e. The molecule has 1 saturated heterocycles. The van der Waals surface area contributed by atoms with E-state index in [1.165, 1.54) is 0 Å². The van der Waals surface area contributed by atoms with E-state index >= 15 is 0 Å². The second-order valence-electron chi connectivity index (χ2n) is 3.56. The van der Waals surface area contributed by atoms with Gasteiger partial charge in [0.05, 0.1) is 6.10 Å². The van der Waals surface area contributed by atoms with Crippen molar-refractivity contribution in [3.05, 3.63) is 30.1 Å². The van der Waals surface area contributed by atoms with Crippen LogP contribution < -0.4 is 5.32 Å². The smallest absolute Gasteiger partial charge is 0.206 e. The molecule has 0 amide bonds. The van der Waals surface area contributed by atoms with Crippen molar-refractivity contribution in [1.29, 1.82) is 0 Å². The molecular formula is C11H14N2O2. The molecule has 1 aliphatic heterocycles. The summed E-state index contributed by atoms with van der Waals surface area (Å²) in [6, 6.07) is 5.30. The number of nitrogens with zero attached hydrogens (tertiary/aromatic N) is 1. The first-order valence-electron chi connectivity index (χ1n) is 5.13. The van der Waals surface area contributed by atoms with Crippen LogP contribution in [0.15, 0.2) is 24.4 Å². The van der Waals surface area contributed by atoms with Crippen LogP contribution in [0.4, 0.5) is 0 Å². The van der Waals surface area contributed by atoms with Gasteiger partial charge in [0.1, 0.15) is 12.3 Å². The minimum Gasteiger partial charge on any atom is -0.369 e. The van der Waals surface area contributed by atoms with Gasteiger partial charge in [-0.3, -0.25) is 9.78 Å². The monoisotopic (exact) mass is 206 g/mol. The molecule has 1 N–H and O–H groups in total. The number of aromatic nitrogens is 1. The summed E-state index contributed by atoms with van der Waals surface area (Å²) in [5, 5.41) is 3.18. The van der Waals surface area contributed by atoms with E-state index in [4.69, 9.17) is 4.74 Å². The molecule has 0 saturated carbocycles. The predicted molar refractivity (Wildman–Crippen MR) is 55.8 cm³/mol. The summed E-state index contributed by atoms with van der Waals surface area (Å²) in [4.78, 5) is 15.6. The van der Waals surface area contributed by atoms with Gasteiger partial charge in [0.25, 0.3) is 0 Å². The van der Waals surface area contributed by atoms with Crippen molar-refractivity contribution in [1.82, 2.24) is 10.3 Å². The van der Waals surface area contributed by atoms with E-state index in [0.717, 1.165) is 19.5 Å². The molecule has 80 valence electrons. The highest BCUT2D eigenvalue weighted by atomic mass is 16.5. The molecule has 2 heterocycles. The molecule has 1 fully saturated rings. The molecule has 0 bridgehead atoms. The van der Waals surface area contributed by atoms with Crippen LogP contribution >= 0.6 is 0 Å². The normalized spacial score (nSPS) is 20.4. The molecule has 0 radical (unpaired) electrons. The number of Topliss-reactive ketones (excluding diaryl/α,β-unsaturated/α-hetero) is 1. The average molecular weight is 206 g/mol. The van der Waals surface area contributed by atoms with E-state index < -0.39 is 0 Å². The van der Waals surface area contributed by atoms with Crippen LogP contribution in [0.3, 0.4) is 0 Å². The van der Waals surface area contributed by atoms with Gasteiger partial charge in [0.15, 0.2) is 0 Å². The fourth-order valence-electron chi connectivity index (χ4n) is 1.57. The number of ketones is 1. The first-order chi connectivity index (χ1) is 7.36. The zero-order valence-electron chi connectivity index (χ0n) is 8.48. The zero-order valence-corrected chi connectivity index (χ0v) is 8.48. The van der Waals surface area contributed by atoms with Crippen LogP contribution in [0.2, 0.25) is 0 Å². The van der Waals surface area contributed by atoms with Crippen LogP contribution in [-0.4, -0.2) is 36.6 Å². The molecule has 1 unspecified atom stereocenters. The fourth-order valence-corrected chi connectivity index (χ4v) is 1.57. The quantitative estimate of drug-likeness (QED) is 0.735. The fraction of sp³-hybridized carbons (Fsp3) is 0.455. The van der Waals surface area contributed by atoms with Crippen molar-refractivity contribution >= 4 is 5.78 Å². The van der Waals surface area contributed by atoms with Gasteiger partial charge in [-0.1, -0.05) is 6.07 Å². The molecule has 1 atom stereocenters. The van der Waals surface area contributed by atoms with Crippen LogP contribution in [0.25, 0.3) is 0 Å². The van der Waals surface area contributed by atoms with Gasteiger partial charge < -0.3 is 10.1 Å². The number of carbonyl (C=O) groups excluding carboxylic acids is 1. The maximum Gasteiger partial charge on any atom is 0.206 e. The third-order valence-corrected chi connectivity index (χ3v) is 2.42. The number of ether oxygens (including phenoxy) is 1. The topological polar surface area (TPSA) is 51.2 Å². The predicted octanol–water partition coefficient (Wildman–Crippen LogP) is 0.643. The van der Waals surface area contributed by atoms with E-state index in [0.29, 0.717) is 5.69 Å². The summed E-state index contributed by atoms with van der Waals surface area (Å²) in [6.07, 6.45) is 2.78. The number of hydrogen-bond donors (Lipinski definition) is 1. The summed E-state index contributed by atoms with van der Waals surface area (Å²) in [5.41, 5.74) is 0.475. The molecule has 1 aromatic heterocycles. The first-order valence-corrected chi connectivity index (χ1v) is 5.13. The zero-order chi connectivity index (χ0) is 10.5. The van der Waals surface area contributed by atoms with Gasteiger partial charge >= 0.3 is 0 Å². The van der Waals surface area contributed by atoms with Crippen LogP contribution in [0.5, 0.6) is 0 Å². The van der Waals surface area contributed by atoms with Crippen molar-refractivity contribution < 1.29 is 9.53 Å². The summed E-state index contributed by atoms with van der Waals surface area (Å²) < 4.78 is 5.47. The highest BCUT2D eigenvalue weighted by molar-refractivity contribution is 5.95. The Balaban J connectivity index is 1.82. The van der Waals surface area contributed by atoms with Gasteiger partial charge in [-0.05, 0) is 25.1 Å². The second kappa shape index (κ2) is 5.00. The third kappa shape index (κ3) is 2.84. The Labute approximate surface area is 88.7 Å². The SMILES string of the molecule is O=C(COC1CCNC1)c1ccccn1. The molecule has 4 nitrogen and oxygen atoms in total. The Kier molecular flexibility index (Phi) is 3.42. The van der Waals surface area contributed by atoms with Crippen molar-refractivity contribution in [2.45, 2.75) is 12.5 Å². The Morgan fingerprint density at radius 2 is 2.53 bits per heavy atom. The number of nitrogens with one attached hydrogen (secondary N) is 1. The molecule has 1 aliphatic rings. The Bertz CT molecular complexity index is 321. The summed E-state index contributed by atoms with van der Waals surface area (Å²) in [5.74, 6) is -0.0532. The van der Waals surface area contributed by atoms with Crippen molar-refractivity contribution in [3.8, 4) is 0 Å². The molecular weight excluding hydrogens is 192 g/mol. The van der Waals surface area contributed by atoms with E-state index in [1.807, 2.05) is 0 Å². The summed E-state index contributed by atoms with van der Waals surface area (Å²) >= 11 is 0. The molecule has 2 rings (SSSR count). The van der Waals surface area contributed by atoms with Crippen molar-refractivity contribution in [2.24, 2.45) is 0 Å². The lowest BCUT2D eigenvalue weighted by molar-refractivity contribution is 0.0526. The van der Waals surface area contributed by atoms with E-state index in [9.17, 15) is 4.79 Å². The maximum absolute atomic E-state index is 11.6. The molecule has 0 aromatic carbocycles. The maximum atomic E-state index is 11.6. The molecule has 1 aromatic rings. The van der Waals surface area contributed by atoms with Crippen molar-refractivity contribution in [3.63, 3.8) is 0 Å². The Morgan fingerprint density at radius 3 is 3.20 bits per heavy atom. The molecule has 15 heavy (non-hydrogen) atoms. The van der Waals surface area contributed by atoms with Crippen LogP contribution in [0.1, 0.15) is 16.9 Å². The second-order valence-corrected chi connectivity index (χ2v) is 3.56. The van der Waals surface area contributed by atoms with Crippen LogP contribution in [-0.2, 0) is 4.74 Å². The molecule has 0 spiro atoms. The van der Waals surface area contributed by atoms with E-state index in [1.54, 1.807) is 24.4 Å². The minimum absolute atomic E-state index is 0.0532. The lowest BCUT2D eigenvalue weighted by atomic mass is 10.2. The minimum atomic E-state index is -0.0532. The van der Waals surface area contributed by atoms with Crippen LogP contribution in [0, 0.1) is 0 Å². The lowest BCUT2D eigenvalue weighted by Crippen LogP contribution is -2.21. The molecule has 0 aliphatic carbocycles.